The van der Waals surface area contributed by atoms with E-state index in [0.717, 1.165) is 43.3 Å². The van der Waals surface area contributed by atoms with Gasteiger partial charge in [-0.2, -0.15) is 0 Å². The number of aromatic nitrogens is 2. The van der Waals surface area contributed by atoms with E-state index < -0.39 is 0 Å². The summed E-state index contributed by atoms with van der Waals surface area (Å²) >= 11 is 0. The van der Waals surface area contributed by atoms with Crippen LogP contribution in [-0.2, 0) is 0 Å². The molecule has 0 saturated carbocycles. The van der Waals surface area contributed by atoms with Gasteiger partial charge in [0.1, 0.15) is 13.2 Å². The normalized spacial score (nSPS) is 18.3. The highest BCUT2D eigenvalue weighted by atomic mass is 16.6. The first kappa shape index (κ1) is 17.9. The molecule has 7 nitrogen and oxygen atoms in total. The standard InChI is InChI=1S/C20H26N4O3/c1-14-12-16(13-19(21-14)25-3)24-8-6-23(7-9-24)15(2)17-4-5-18-20(22-17)27-11-10-26-18/h4-5,12-13,15H,6-11H2,1-3H3/t15-/m1/s1. The molecule has 0 radical (unpaired) electrons. The lowest BCUT2D eigenvalue weighted by molar-refractivity contribution is 0.159. The van der Waals surface area contributed by atoms with Gasteiger partial charge in [-0.25, -0.2) is 9.97 Å². The van der Waals surface area contributed by atoms with Crippen molar-refractivity contribution in [1.29, 1.82) is 0 Å². The maximum absolute atomic E-state index is 5.63. The van der Waals surface area contributed by atoms with Crippen molar-refractivity contribution in [2.45, 2.75) is 19.9 Å². The summed E-state index contributed by atoms with van der Waals surface area (Å²) in [6.07, 6.45) is 0. The van der Waals surface area contributed by atoms with Crippen LogP contribution < -0.4 is 19.1 Å². The smallest absolute Gasteiger partial charge is 0.257 e. The molecule has 0 aromatic carbocycles. The number of pyridine rings is 2. The van der Waals surface area contributed by atoms with E-state index in [9.17, 15) is 0 Å². The largest absolute Gasteiger partial charge is 0.484 e. The lowest BCUT2D eigenvalue weighted by Gasteiger charge is -2.39. The molecule has 0 amide bonds. The van der Waals surface area contributed by atoms with Gasteiger partial charge in [-0.3, -0.25) is 4.90 Å². The molecule has 0 unspecified atom stereocenters. The Morgan fingerprint density at radius 2 is 1.81 bits per heavy atom. The van der Waals surface area contributed by atoms with E-state index >= 15 is 0 Å². The van der Waals surface area contributed by atoms with E-state index in [0.29, 0.717) is 25.0 Å². The van der Waals surface area contributed by atoms with Crippen molar-refractivity contribution in [2.24, 2.45) is 0 Å². The van der Waals surface area contributed by atoms with Crippen molar-refractivity contribution >= 4 is 5.69 Å². The van der Waals surface area contributed by atoms with Gasteiger partial charge >= 0.3 is 0 Å². The summed E-state index contributed by atoms with van der Waals surface area (Å²) in [6, 6.07) is 8.37. The number of anilines is 1. The number of hydrogen-bond donors (Lipinski definition) is 0. The third-order valence-electron chi connectivity index (χ3n) is 5.21. The minimum atomic E-state index is 0.233. The van der Waals surface area contributed by atoms with E-state index in [1.807, 2.05) is 25.1 Å². The van der Waals surface area contributed by atoms with Gasteiger partial charge in [0.2, 0.25) is 5.88 Å². The summed E-state index contributed by atoms with van der Waals surface area (Å²) in [5.41, 5.74) is 3.17. The summed E-state index contributed by atoms with van der Waals surface area (Å²) in [5, 5.41) is 0. The molecule has 0 bridgehead atoms. The second kappa shape index (κ2) is 7.60. The number of ether oxygens (including phenoxy) is 3. The lowest BCUT2D eigenvalue weighted by Crippen LogP contribution is -2.47. The zero-order chi connectivity index (χ0) is 18.8. The van der Waals surface area contributed by atoms with E-state index in [2.05, 4.69) is 32.8 Å². The SMILES string of the molecule is COc1cc(N2CCN([C@H](C)c3ccc4c(n3)OCCO4)CC2)cc(C)n1. The second-order valence-corrected chi connectivity index (χ2v) is 6.94. The molecule has 7 heteroatoms. The van der Waals surface area contributed by atoms with Crippen molar-refractivity contribution in [3.8, 4) is 17.5 Å². The molecule has 1 atom stereocenters. The van der Waals surface area contributed by atoms with E-state index in [1.165, 1.54) is 5.69 Å². The van der Waals surface area contributed by atoms with Crippen molar-refractivity contribution in [2.75, 3.05) is 51.4 Å². The number of methoxy groups -OCH3 is 1. The van der Waals surface area contributed by atoms with E-state index in [1.54, 1.807) is 7.11 Å². The minimum absolute atomic E-state index is 0.233. The first-order valence-electron chi connectivity index (χ1n) is 9.42. The predicted octanol–water partition coefficient (Wildman–Crippen LogP) is 2.45. The molecule has 0 N–H and O–H groups in total. The average molecular weight is 370 g/mol. The van der Waals surface area contributed by atoms with Crippen LogP contribution in [0.3, 0.4) is 0 Å². The monoisotopic (exact) mass is 370 g/mol. The second-order valence-electron chi connectivity index (χ2n) is 6.94. The molecule has 27 heavy (non-hydrogen) atoms. The number of piperazine rings is 1. The summed E-state index contributed by atoms with van der Waals surface area (Å²) in [4.78, 5) is 13.9. The zero-order valence-corrected chi connectivity index (χ0v) is 16.1. The maximum atomic E-state index is 5.63. The number of hydrogen-bond acceptors (Lipinski definition) is 7. The molecule has 144 valence electrons. The Bertz CT molecular complexity index is 806. The maximum Gasteiger partial charge on any atom is 0.257 e. The molecule has 4 heterocycles. The first-order valence-corrected chi connectivity index (χ1v) is 9.42. The molecule has 1 saturated heterocycles. The molecule has 0 aliphatic carbocycles. The van der Waals surface area contributed by atoms with Gasteiger partial charge in [0.05, 0.1) is 12.8 Å². The number of nitrogens with zero attached hydrogens (tertiary/aromatic N) is 4. The fraction of sp³-hybridized carbons (Fsp3) is 0.500. The zero-order valence-electron chi connectivity index (χ0n) is 16.1. The van der Waals surface area contributed by atoms with Gasteiger partial charge in [0.25, 0.3) is 5.88 Å². The number of fused-ring (bicyclic) bond motifs is 1. The van der Waals surface area contributed by atoms with Crippen molar-refractivity contribution < 1.29 is 14.2 Å². The summed E-state index contributed by atoms with van der Waals surface area (Å²) < 4.78 is 16.5. The van der Waals surface area contributed by atoms with Gasteiger partial charge in [-0.1, -0.05) is 0 Å². The topological polar surface area (TPSA) is 60.0 Å². The van der Waals surface area contributed by atoms with E-state index in [4.69, 9.17) is 14.2 Å². The molecule has 2 aliphatic heterocycles. The molecule has 1 fully saturated rings. The fourth-order valence-corrected chi connectivity index (χ4v) is 3.64. The molecule has 2 aromatic rings. The highest BCUT2D eigenvalue weighted by Gasteiger charge is 2.25. The van der Waals surface area contributed by atoms with Gasteiger partial charge in [0.15, 0.2) is 5.75 Å². The average Bonchev–Trinajstić information content (AvgIpc) is 2.72. The minimum Gasteiger partial charge on any atom is -0.484 e. The first-order chi connectivity index (χ1) is 13.1. The van der Waals surface area contributed by atoms with Crippen LogP contribution >= 0.6 is 0 Å². The van der Waals surface area contributed by atoms with Crippen molar-refractivity contribution in [3.63, 3.8) is 0 Å². The van der Waals surface area contributed by atoms with Crippen LogP contribution in [0.1, 0.15) is 24.4 Å². The van der Waals surface area contributed by atoms with Gasteiger partial charge in [0, 0.05) is 49.7 Å². The Labute approximate surface area is 159 Å². The van der Waals surface area contributed by atoms with Crippen LogP contribution in [0.2, 0.25) is 0 Å². The highest BCUT2D eigenvalue weighted by Crippen LogP contribution is 2.31. The Morgan fingerprint density at radius 1 is 1.04 bits per heavy atom. The van der Waals surface area contributed by atoms with Crippen LogP contribution in [0.4, 0.5) is 5.69 Å². The molecule has 0 spiro atoms. The quantitative estimate of drug-likeness (QED) is 0.819. The molecule has 2 aliphatic rings. The molecular weight excluding hydrogens is 344 g/mol. The lowest BCUT2D eigenvalue weighted by atomic mass is 10.1. The third-order valence-corrected chi connectivity index (χ3v) is 5.21. The van der Waals surface area contributed by atoms with Crippen LogP contribution in [-0.4, -0.2) is 61.4 Å². The predicted molar refractivity (Wildman–Crippen MR) is 103 cm³/mol. The number of rotatable bonds is 4. The highest BCUT2D eigenvalue weighted by molar-refractivity contribution is 5.50. The van der Waals surface area contributed by atoms with Gasteiger partial charge in [-0.15, -0.1) is 0 Å². The summed E-state index contributed by atoms with van der Waals surface area (Å²) in [7, 11) is 1.66. The Hall–Kier alpha value is -2.54. The Balaban J connectivity index is 1.42. The molecular formula is C20H26N4O3. The third kappa shape index (κ3) is 3.78. The fourth-order valence-electron chi connectivity index (χ4n) is 3.64. The van der Waals surface area contributed by atoms with Crippen LogP contribution in [0, 0.1) is 6.92 Å². The van der Waals surface area contributed by atoms with Crippen molar-refractivity contribution in [1.82, 2.24) is 14.9 Å². The Kier molecular flexibility index (Phi) is 5.03. The summed E-state index contributed by atoms with van der Waals surface area (Å²) in [6.45, 7) is 9.21. The number of aryl methyl sites for hydroxylation is 1. The Morgan fingerprint density at radius 3 is 2.59 bits per heavy atom. The van der Waals surface area contributed by atoms with Gasteiger partial charge < -0.3 is 19.1 Å². The van der Waals surface area contributed by atoms with Crippen LogP contribution in [0.25, 0.3) is 0 Å². The van der Waals surface area contributed by atoms with Gasteiger partial charge in [-0.05, 0) is 32.0 Å². The van der Waals surface area contributed by atoms with Crippen molar-refractivity contribution in [3.05, 3.63) is 35.7 Å². The van der Waals surface area contributed by atoms with E-state index in [-0.39, 0.29) is 6.04 Å². The van der Waals surface area contributed by atoms with Crippen LogP contribution in [0.15, 0.2) is 24.3 Å². The van der Waals surface area contributed by atoms with Crippen LogP contribution in [0.5, 0.6) is 17.5 Å². The summed E-state index contributed by atoms with van der Waals surface area (Å²) in [5.74, 6) is 2.02. The molecule has 4 rings (SSSR count). The molecule has 2 aromatic heterocycles.